The number of aliphatic hydroxyl groups is 1. The molecular formula is C16H25NO3. The minimum Gasteiger partial charge on any atom is -0.494 e. The summed E-state index contributed by atoms with van der Waals surface area (Å²) < 4.78 is 5.34. The van der Waals surface area contributed by atoms with Crippen LogP contribution in [0.25, 0.3) is 0 Å². The van der Waals surface area contributed by atoms with Crippen molar-refractivity contribution >= 4 is 5.91 Å². The summed E-state index contributed by atoms with van der Waals surface area (Å²) in [6, 6.07) is 7.13. The molecule has 0 radical (unpaired) electrons. The first kappa shape index (κ1) is 16.5. The van der Waals surface area contributed by atoms with Crippen LogP contribution in [0, 0.1) is 5.92 Å². The monoisotopic (exact) mass is 279 g/mol. The zero-order valence-electron chi connectivity index (χ0n) is 12.4. The van der Waals surface area contributed by atoms with Crippen molar-refractivity contribution in [3.63, 3.8) is 0 Å². The second-order valence-electron chi connectivity index (χ2n) is 4.83. The van der Waals surface area contributed by atoms with Crippen LogP contribution in [0.15, 0.2) is 24.3 Å². The third kappa shape index (κ3) is 5.61. The Bertz CT molecular complexity index is 383. The second kappa shape index (κ2) is 9.37. The van der Waals surface area contributed by atoms with Gasteiger partial charge in [-0.25, -0.2) is 0 Å². The number of aliphatic hydroxyl groups excluding tert-OH is 1. The third-order valence-corrected chi connectivity index (χ3v) is 3.21. The molecule has 0 spiro atoms. The molecule has 0 aliphatic heterocycles. The van der Waals surface area contributed by atoms with Gasteiger partial charge in [-0.15, -0.1) is 0 Å². The van der Waals surface area contributed by atoms with Crippen molar-refractivity contribution in [1.29, 1.82) is 0 Å². The van der Waals surface area contributed by atoms with E-state index in [4.69, 9.17) is 9.84 Å². The van der Waals surface area contributed by atoms with Crippen LogP contribution in [0.2, 0.25) is 0 Å². The summed E-state index contributed by atoms with van der Waals surface area (Å²) in [5.74, 6) is 1.04. The molecule has 4 heteroatoms. The number of carbonyl (C=O) groups is 1. The molecule has 0 fully saturated rings. The highest BCUT2D eigenvalue weighted by Crippen LogP contribution is 2.13. The van der Waals surface area contributed by atoms with Gasteiger partial charge in [-0.05, 0) is 49.9 Å². The number of amides is 1. The molecule has 0 aliphatic rings. The van der Waals surface area contributed by atoms with Crippen LogP contribution in [0.3, 0.4) is 0 Å². The summed E-state index contributed by atoms with van der Waals surface area (Å²) in [7, 11) is 0. The number of rotatable bonds is 9. The summed E-state index contributed by atoms with van der Waals surface area (Å²) in [6.07, 6.45) is 2.81. The molecule has 20 heavy (non-hydrogen) atoms. The first-order chi connectivity index (χ1) is 9.71. The van der Waals surface area contributed by atoms with Crippen LogP contribution in [0.1, 0.15) is 43.5 Å². The van der Waals surface area contributed by atoms with E-state index in [-0.39, 0.29) is 12.5 Å². The van der Waals surface area contributed by atoms with Crippen LogP contribution in [0.4, 0.5) is 0 Å². The lowest BCUT2D eigenvalue weighted by Gasteiger charge is -2.15. The Morgan fingerprint density at radius 2 is 1.95 bits per heavy atom. The van der Waals surface area contributed by atoms with E-state index in [9.17, 15) is 4.79 Å². The van der Waals surface area contributed by atoms with Gasteiger partial charge in [0.05, 0.1) is 6.61 Å². The van der Waals surface area contributed by atoms with Gasteiger partial charge in [0.1, 0.15) is 5.75 Å². The standard InChI is InChI=1S/C16H25NO3/c1-3-5-13(10-11-18)12-17-16(19)14-6-8-15(9-7-14)20-4-2/h6-9,13,18H,3-5,10-12H2,1-2H3,(H,17,19). The van der Waals surface area contributed by atoms with Gasteiger partial charge in [-0.2, -0.15) is 0 Å². The fraction of sp³-hybridized carbons (Fsp3) is 0.562. The van der Waals surface area contributed by atoms with Crippen molar-refractivity contribution in [3.05, 3.63) is 29.8 Å². The van der Waals surface area contributed by atoms with Gasteiger partial charge in [-0.3, -0.25) is 4.79 Å². The number of hydrogen-bond acceptors (Lipinski definition) is 3. The maximum Gasteiger partial charge on any atom is 0.251 e. The highest BCUT2D eigenvalue weighted by molar-refractivity contribution is 5.94. The van der Waals surface area contributed by atoms with E-state index in [0.29, 0.717) is 24.6 Å². The van der Waals surface area contributed by atoms with Crippen molar-refractivity contribution in [2.45, 2.75) is 33.1 Å². The van der Waals surface area contributed by atoms with Crippen molar-refractivity contribution < 1.29 is 14.6 Å². The first-order valence-corrected chi connectivity index (χ1v) is 7.33. The van der Waals surface area contributed by atoms with Gasteiger partial charge >= 0.3 is 0 Å². The number of hydrogen-bond donors (Lipinski definition) is 2. The van der Waals surface area contributed by atoms with Gasteiger partial charge < -0.3 is 15.2 Å². The van der Waals surface area contributed by atoms with E-state index < -0.39 is 0 Å². The van der Waals surface area contributed by atoms with E-state index in [0.717, 1.165) is 25.0 Å². The molecule has 1 rings (SSSR count). The normalized spacial score (nSPS) is 11.9. The number of benzene rings is 1. The predicted octanol–water partition coefficient (Wildman–Crippen LogP) is 2.61. The average molecular weight is 279 g/mol. The quantitative estimate of drug-likeness (QED) is 0.730. The van der Waals surface area contributed by atoms with Gasteiger partial charge in [-0.1, -0.05) is 13.3 Å². The molecule has 1 amide bonds. The predicted molar refractivity (Wildman–Crippen MR) is 80.0 cm³/mol. The summed E-state index contributed by atoms with van der Waals surface area (Å²) >= 11 is 0. The smallest absolute Gasteiger partial charge is 0.251 e. The number of nitrogens with one attached hydrogen (secondary N) is 1. The SMILES string of the molecule is CCCC(CCO)CNC(=O)c1ccc(OCC)cc1. The summed E-state index contributed by atoms with van der Waals surface area (Å²) in [5.41, 5.74) is 0.632. The van der Waals surface area contributed by atoms with Gasteiger partial charge in [0.2, 0.25) is 0 Å². The zero-order chi connectivity index (χ0) is 14.8. The van der Waals surface area contributed by atoms with E-state index in [1.807, 2.05) is 6.92 Å². The van der Waals surface area contributed by atoms with E-state index >= 15 is 0 Å². The van der Waals surface area contributed by atoms with Gasteiger partial charge in [0.25, 0.3) is 5.91 Å². The number of ether oxygens (including phenoxy) is 1. The highest BCUT2D eigenvalue weighted by atomic mass is 16.5. The van der Waals surface area contributed by atoms with Crippen molar-refractivity contribution in [1.82, 2.24) is 5.32 Å². The molecule has 1 aromatic rings. The molecule has 0 saturated heterocycles. The van der Waals surface area contributed by atoms with E-state index in [1.165, 1.54) is 0 Å². The Hall–Kier alpha value is -1.55. The molecule has 0 saturated carbocycles. The topological polar surface area (TPSA) is 58.6 Å². The van der Waals surface area contributed by atoms with Crippen molar-refractivity contribution in [2.75, 3.05) is 19.8 Å². The van der Waals surface area contributed by atoms with Crippen LogP contribution in [0.5, 0.6) is 5.75 Å². The molecule has 112 valence electrons. The lowest BCUT2D eigenvalue weighted by Crippen LogP contribution is -2.29. The van der Waals surface area contributed by atoms with Crippen molar-refractivity contribution in [2.24, 2.45) is 5.92 Å². The Morgan fingerprint density at radius 3 is 2.50 bits per heavy atom. The maximum atomic E-state index is 12.0. The molecule has 0 heterocycles. The van der Waals surface area contributed by atoms with E-state index in [2.05, 4.69) is 12.2 Å². The lowest BCUT2D eigenvalue weighted by molar-refractivity contribution is 0.0943. The molecule has 4 nitrogen and oxygen atoms in total. The minimum absolute atomic E-state index is 0.0768. The van der Waals surface area contributed by atoms with Crippen LogP contribution < -0.4 is 10.1 Å². The molecular weight excluding hydrogens is 254 g/mol. The van der Waals surface area contributed by atoms with Crippen molar-refractivity contribution in [3.8, 4) is 5.75 Å². The van der Waals surface area contributed by atoms with Crippen LogP contribution in [-0.4, -0.2) is 30.8 Å². The third-order valence-electron chi connectivity index (χ3n) is 3.21. The fourth-order valence-corrected chi connectivity index (χ4v) is 2.15. The van der Waals surface area contributed by atoms with E-state index in [1.54, 1.807) is 24.3 Å². The average Bonchev–Trinajstić information content (AvgIpc) is 2.46. The molecule has 1 unspecified atom stereocenters. The van der Waals surface area contributed by atoms with Crippen LogP contribution >= 0.6 is 0 Å². The lowest BCUT2D eigenvalue weighted by atomic mass is 10.00. The van der Waals surface area contributed by atoms with Crippen LogP contribution in [-0.2, 0) is 0 Å². The Balaban J connectivity index is 2.48. The minimum atomic E-state index is -0.0768. The molecule has 0 aliphatic carbocycles. The number of carbonyl (C=O) groups excluding carboxylic acids is 1. The zero-order valence-corrected chi connectivity index (χ0v) is 12.4. The highest BCUT2D eigenvalue weighted by Gasteiger charge is 2.10. The Labute approximate surface area is 121 Å². The maximum absolute atomic E-state index is 12.0. The fourth-order valence-electron chi connectivity index (χ4n) is 2.15. The Kier molecular flexibility index (Phi) is 7.73. The van der Waals surface area contributed by atoms with Gasteiger partial charge in [0.15, 0.2) is 0 Å². The molecule has 0 aromatic heterocycles. The molecule has 1 aromatic carbocycles. The molecule has 0 bridgehead atoms. The summed E-state index contributed by atoms with van der Waals surface area (Å²) in [5, 5.41) is 11.9. The van der Waals surface area contributed by atoms with Gasteiger partial charge in [0, 0.05) is 18.7 Å². The molecule has 2 N–H and O–H groups in total. The Morgan fingerprint density at radius 1 is 1.25 bits per heavy atom. The largest absolute Gasteiger partial charge is 0.494 e. The molecule has 1 atom stereocenters. The summed E-state index contributed by atoms with van der Waals surface area (Å²) in [6.45, 7) is 5.43. The first-order valence-electron chi connectivity index (χ1n) is 7.33. The second-order valence-corrected chi connectivity index (χ2v) is 4.83. The summed E-state index contributed by atoms with van der Waals surface area (Å²) in [4.78, 5) is 12.0.